The third kappa shape index (κ3) is 2.76. The second-order valence-electron chi connectivity index (χ2n) is 7.89. The molecule has 4 aromatic rings. The topological polar surface area (TPSA) is 54.7 Å². The van der Waals surface area contributed by atoms with E-state index >= 15 is 0 Å². The highest BCUT2D eigenvalue weighted by Gasteiger charge is 2.27. The monoisotopic (exact) mass is 357 g/mol. The first-order valence-electron chi connectivity index (χ1n) is 9.55. The summed E-state index contributed by atoms with van der Waals surface area (Å²) in [5.74, 6) is 2.55. The van der Waals surface area contributed by atoms with E-state index in [0.29, 0.717) is 5.92 Å². The van der Waals surface area contributed by atoms with E-state index in [4.69, 9.17) is 9.51 Å². The molecule has 2 aromatic carbocycles. The Kier molecular flexibility index (Phi) is 3.51. The number of rotatable bonds is 3. The molecule has 4 nitrogen and oxygen atoms in total. The number of aromatic nitrogens is 3. The zero-order chi connectivity index (χ0) is 18.7. The van der Waals surface area contributed by atoms with E-state index in [2.05, 4.69) is 54.3 Å². The maximum atomic E-state index is 5.42. The van der Waals surface area contributed by atoms with Crippen molar-refractivity contribution in [3.8, 4) is 22.3 Å². The summed E-state index contributed by atoms with van der Waals surface area (Å²) < 4.78 is 5.42. The number of aromatic amines is 1. The van der Waals surface area contributed by atoms with E-state index in [-0.39, 0.29) is 0 Å². The van der Waals surface area contributed by atoms with Gasteiger partial charge in [-0.1, -0.05) is 34.5 Å². The van der Waals surface area contributed by atoms with Crippen molar-refractivity contribution in [1.82, 2.24) is 15.1 Å². The third-order valence-corrected chi connectivity index (χ3v) is 5.42. The molecule has 0 aliphatic heterocycles. The van der Waals surface area contributed by atoms with E-state index < -0.39 is 0 Å². The van der Waals surface area contributed by atoms with Gasteiger partial charge in [0, 0.05) is 17.0 Å². The Morgan fingerprint density at radius 1 is 0.926 bits per heavy atom. The zero-order valence-electron chi connectivity index (χ0n) is 16.2. The van der Waals surface area contributed by atoms with Crippen LogP contribution in [0.3, 0.4) is 0 Å². The van der Waals surface area contributed by atoms with Crippen molar-refractivity contribution in [2.24, 2.45) is 0 Å². The fraction of sp³-hybridized carbons (Fsp3) is 0.304. The molecule has 0 amide bonds. The minimum absolute atomic E-state index is 0.590. The molecule has 2 aromatic heterocycles. The number of nitrogens with zero attached hydrogens (tertiary/aromatic N) is 2. The van der Waals surface area contributed by atoms with Crippen LogP contribution in [0.1, 0.15) is 47.2 Å². The number of H-pyrrole nitrogens is 1. The molecule has 0 atom stereocenters. The molecule has 2 heterocycles. The normalized spacial score (nSPS) is 14.2. The van der Waals surface area contributed by atoms with Gasteiger partial charge in [0.25, 0.3) is 0 Å². The van der Waals surface area contributed by atoms with Crippen LogP contribution in [0.2, 0.25) is 0 Å². The third-order valence-electron chi connectivity index (χ3n) is 5.42. The van der Waals surface area contributed by atoms with Crippen molar-refractivity contribution >= 4 is 11.0 Å². The standard InChI is InChI=1S/C23H23N3O/c1-12-7-13(2)9-17(8-12)19-10-18(21-14(3)26-27-15(21)4)11-20-22(19)25-23(24-20)16-5-6-16/h7-11,16H,5-6H2,1-4H3,(H,24,25). The number of benzene rings is 2. The van der Waals surface area contributed by atoms with Gasteiger partial charge in [-0.2, -0.15) is 0 Å². The maximum absolute atomic E-state index is 5.42. The van der Waals surface area contributed by atoms with Crippen molar-refractivity contribution in [3.63, 3.8) is 0 Å². The van der Waals surface area contributed by atoms with Crippen LogP contribution in [0.5, 0.6) is 0 Å². The van der Waals surface area contributed by atoms with E-state index in [1.165, 1.54) is 29.5 Å². The van der Waals surface area contributed by atoms with Crippen LogP contribution < -0.4 is 0 Å². The van der Waals surface area contributed by atoms with Gasteiger partial charge in [-0.3, -0.25) is 0 Å². The number of aryl methyl sites for hydroxylation is 4. The number of imidazole rings is 1. The first kappa shape index (κ1) is 16.3. The molecule has 1 fully saturated rings. The summed E-state index contributed by atoms with van der Waals surface area (Å²) in [6.07, 6.45) is 2.46. The zero-order valence-corrected chi connectivity index (χ0v) is 16.2. The van der Waals surface area contributed by atoms with Crippen LogP contribution >= 0.6 is 0 Å². The second kappa shape index (κ2) is 5.81. The lowest BCUT2D eigenvalue weighted by molar-refractivity contribution is 0.393. The molecule has 0 spiro atoms. The molecular formula is C23H23N3O. The van der Waals surface area contributed by atoms with E-state index in [0.717, 1.165) is 45.0 Å². The van der Waals surface area contributed by atoms with Crippen LogP contribution in [0.15, 0.2) is 34.9 Å². The van der Waals surface area contributed by atoms with Crippen LogP contribution in [-0.4, -0.2) is 15.1 Å². The lowest BCUT2D eigenvalue weighted by Crippen LogP contribution is -1.89. The number of nitrogens with one attached hydrogen (secondary N) is 1. The molecule has 1 saturated carbocycles. The van der Waals surface area contributed by atoms with Gasteiger partial charge in [0.05, 0.1) is 16.7 Å². The van der Waals surface area contributed by atoms with Gasteiger partial charge in [-0.15, -0.1) is 0 Å². The predicted molar refractivity (Wildman–Crippen MR) is 108 cm³/mol. The summed E-state index contributed by atoms with van der Waals surface area (Å²) in [7, 11) is 0. The molecule has 0 saturated heterocycles. The Balaban J connectivity index is 1.81. The van der Waals surface area contributed by atoms with E-state index in [9.17, 15) is 0 Å². The Hall–Kier alpha value is -2.88. The molecule has 0 bridgehead atoms. The number of hydrogen-bond acceptors (Lipinski definition) is 3. The van der Waals surface area contributed by atoms with E-state index in [1.54, 1.807) is 0 Å². The molecule has 1 N–H and O–H groups in total. The summed E-state index contributed by atoms with van der Waals surface area (Å²) in [6, 6.07) is 11.1. The Labute approximate surface area is 158 Å². The Morgan fingerprint density at radius 2 is 1.67 bits per heavy atom. The van der Waals surface area contributed by atoms with E-state index in [1.807, 2.05) is 13.8 Å². The molecule has 0 radical (unpaired) electrons. The van der Waals surface area contributed by atoms with Crippen LogP contribution in [0, 0.1) is 27.7 Å². The lowest BCUT2D eigenvalue weighted by atomic mass is 9.95. The van der Waals surface area contributed by atoms with Gasteiger partial charge in [-0.25, -0.2) is 4.98 Å². The summed E-state index contributed by atoms with van der Waals surface area (Å²) in [6.45, 7) is 8.26. The molecule has 136 valence electrons. The molecule has 5 rings (SSSR count). The fourth-order valence-corrected chi connectivity index (χ4v) is 4.08. The van der Waals surface area contributed by atoms with Gasteiger partial charge in [0.15, 0.2) is 0 Å². The highest BCUT2D eigenvalue weighted by atomic mass is 16.5. The minimum Gasteiger partial charge on any atom is -0.361 e. The minimum atomic E-state index is 0.590. The SMILES string of the molecule is Cc1cc(C)cc(-c2cc(-c3c(C)noc3C)cc3[nH]c(C4CC4)nc23)c1. The predicted octanol–water partition coefficient (Wildman–Crippen LogP) is 6.00. The quantitative estimate of drug-likeness (QED) is 0.489. The second-order valence-corrected chi connectivity index (χ2v) is 7.89. The maximum Gasteiger partial charge on any atom is 0.141 e. The van der Waals surface area contributed by atoms with Crippen molar-refractivity contribution in [2.75, 3.05) is 0 Å². The van der Waals surface area contributed by atoms with Crippen LogP contribution in [0.25, 0.3) is 33.3 Å². The summed E-state index contributed by atoms with van der Waals surface area (Å²) in [4.78, 5) is 8.56. The molecule has 0 unspecified atom stereocenters. The highest BCUT2D eigenvalue weighted by molar-refractivity contribution is 5.96. The number of fused-ring (bicyclic) bond motifs is 1. The van der Waals surface area contributed by atoms with Gasteiger partial charge < -0.3 is 9.51 Å². The Bertz CT molecular complexity index is 1140. The average molecular weight is 357 g/mol. The van der Waals surface area contributed by atoms with Gasteiger partial charge in [-0.05, 0) is 63.8 Å². The lowest BCUT2D eigenvalue weighted by Gasteiger charge is -2.09. The molecule has 1 aliphatic carbocycles. The smallest absolute Gasteiger partial charge is 0.141 e. The molecule has 27 heavy (non-hydrogen) atoms. The fourth-order valence-electron chi connectivity index (χ4n) is 4.08. The first-order valence-corrected chi connectivity index (χ1v) is 9.55. The molecular weight excluding hydrogens is 334 g/mol. The van der Waals surface area contributed by atoms with Crippen molar-refractivity contribution in [2.45, 2.75) is 46.5 Å². The van der Waals surface area contributed by atoms with Crippen molar-refractivity contribution in [3.05, 3.63) is 58.7 Å². The molecule has 1 aliphatic rings. The van der Waals surface area contributed by atoms with Crippen LogP contribution in [-0.2, 0) is 0 Å². The van der Waals surface area contributed by atoms with Crippen molar-refractivity contribution in [1.29, 1.82) is 0 Å². The summed E-state index contributed by atoms with van der Waals surface area (Å²) >= 11 is 0. The largest absolute Gasteiger partial charge is 0.361 e. The van der Waals surface area contributed by atoms with Gasteiger partial charge >= 0.3 is 0 Å². The van der Waals surface area contributed by atoms with Crippen molar-refractivity contribution < 1.29 is 4.52 Å². The summed E-state index contributed by atoms with van der Waals surface area (Å²) in [5.41, 5.74) is 10.2. The van der Waals surface area contributed by atoms with Gasteiger partial charge in [0.2, 0.25) is 0 Å². The molecule has 4 heteroatoms. The first-order chi connectivity index (χ1) is 13.0. The van der Waals surface area contributed by atoms with Gasteiger partial charge in [0.1, 0.15) is 11.6 Å². The Morgan fingerprint density at radius 3 is 2.30 bits per heavy atom. The number of hydrogen-bond donors (Lipinski definition) is 1. The van der Waals surface area contributed by atoms with Crippen LogP contribution in [0.4, 0.5) is 0 Å². The average Bonchev–Trinajstić information content (AvgIpc) is 3.29. The highest BCUT2D eigenvalue weighted by Crippen LogP contribution is 2.41. The summed E-state index contributed by atoms with van der Waals surface area (Å²) in [5, 5.41) is 4.15.